The number of aromatic nitrogens is 1. The number of hydrogen-bond donors (Lipinski definition) is 1. The molecule has 0 saturated carbocycles. The van der Waals surface area contributed by atoms with Crippen LogP contribution in [0, 0.1) is 6.92 Å². The Morgan fingerprint density at radius 1 is 1.40 bits per heavy atom. The first kappa shape index (κ1) is 16.7. The number of likely N-dealkylation sites (N-methyl/N-ethyl adjacent to an activating group) is 1. The van der Waals surface area contributed by atoms with Crippen LogP contribution in [0.4, 0.5) is 0 Å². The van der Waals surface area contributed by atoms with E-state index in [-0.39, 0.29) is 18.0 Å². The van der Waals surface area contributed by atoms with Gasteiger partial charge in [0.25, 0.3) is 5.91 Å². The number of rotatable bonds is 7. The maximum atomic E-state index is 12.2. The fraction of sp³-hybridized carbons (Fsp3) is 0.733. The maximum absolute atomic E-state index is 12.2. The summed E-state index contributed by atoms with van der Waals surface area (Å²) in [6.45, 7) is 11.2. The molecule has 1 heterocycles. The van der Waals surface area contributed by atoms with Crippen LogP contribution in [-0.4, -0.2) is 41.6 Å². The summed E-state index contributed by atoms with van der Waals surface area (Å²) in [5.41, 5.74) is 1.24. The molecule has 0 aliphatic rings. The van der Waals surface area contributed by atoms with Crippen LogP contribution < -0.4 is 5.32 Å². The number of aryl methyl sites for hydroxylation is 1. The predicted molar refractivity (Wildman–Crippen MR) is 79.9 cm³/mol. The second kappa shape index (κ2) is 7.43. The van der Waals surface area contributed by atoms with Gasteiger partial charge in [0, 0.05) is 24.1 Å². The summed E-state index contributed by atoms with van der Waals surface area (Å²) in [5, 5.41) is 6.89. The fourth-order valence-corrected chi connectivity index (χ4v) is 2.25. The third-order valence-corrected chi connectivity index (χ3v) is 3.91. The molecular weight excluding hydrogens is 254 g/mol. The number of amides is 1. The zero-order valence-electron chi connectivity index (χ0n) is 13.5. The molecule has 1 rings (SSSR count). The van der Waals surface area contributed by atoms with Gasteiger partial charge in [0.15, 0.2) is 5.69 Å². The molecule has 114 valence electrons. The Morgan fingerprint density at radius 2 is 2.05 bits per heavy atom. The molecule has 0 fully saturated rings. The van der Waals surface area contributed by atoms with Gasteiger partial charge in [-0.2, -0.15) is 0 Å². The minimum atomic E-state index is -0.157. The quantitative estimate of drug-likeness (QED) is 0.833. The van der Waals surface area contributed by atoms with Gasteiger partial charge >= 0.3 is 0 Å². The van der Waals surface area contributed by atoms with Gasteiger partial charge in [-0.05, 0) is 40.8 Å². The molecule has 0 aliphatic heterocycles. The van der Waals surface area contributed by atoms with Crippen LogP contribution in [0.15, 0.2) is 4.52 Å². The smallest absolute Gasteiger partial charge is 0.274 e. The standard InChI is InChI=1S/C15H27N3O2/c1-7-9-18(6)12(5)11(4)16-15(19)14-10(3)13(8-2)20-17-14/h11-12H,7-9H2,1-6H3,(H,16,19). The summed E-state index contributed by atoms with van der Waals surface area (Å²) in [6, 6.07) is 0.331. The van der Waals surface area contributed by atoms with Crippen LogP contribution >= 0.6 is 0 Å². The number of nitrogens with one attached hydrogen (secondary N) is 1. The third-order valence-electron chi connectivity index (χ3n) is 3.91. The SMILES string of the molecule is CCCN(C)C(C)C(C)NC(=O)c1noc(CC)c1C. The Balaban J connectivity index is 2.67. The second-order valence-electron chi connectivity index (χ2n) is 5.42. The number of hydrogen-bond acceptors (Lipinski definition) is 4. The van der Waals surface area contributed by atoms with Crippen LogP contribution in [0.25, 0.3) is 0 Å². The van der Waals surface area contributed by atoms with Gasteiger partial charge in [-0.3, -0.25) is 4.79 Å². The third kappa shape index (κ3) is 3.82. The van der Waals surface area contributed by atoms with Crippen LogP contribution in [-0.2, 0) is 6.42 Å². The molecule has 5 nitrogen and oxygen atoms in total. The van der Waals surface area contributed by atoms with Crippen molar-refractivity contribution < 1.29 is 9.32 Å². The van der Waals surface area contributed by atoms with Crippen LogP contribution in [0.3, 0.4) is 0 Å². The van der Waals surface area contributed by atoms with E-state index in [4.69, 9.17) is 4.52 Å². The minimum Gasteiger partial charge on any atom is -0.360 e. The molecule has 20 heavy (non-hydrogen) atoms. The highest BCUT2D eigenvalue weighted by Gasteiger charge is 2.22. The normalized spacial score (nSPS) is 14.3. The number of carbonyl (C=O) groups excluding carboxylic acids is 1. The van der Waals surface area contributed by atoms with Crippen molar-refractivity contribution in [1.82, 2.24) is 15.4 Å². The van der Waals surface area contributed by atoms with E-state index in [0.717, 1.165) is 30.7 Å². The van der Waals surface area contributed by atoms with Crippen molar-refractivity contribution in [2.45, 2.75) is 59.5 Å². The summed E-state index contributed by atoms with van der Waals surface area (Å²) in [4.78, 5) is 14.5. The lowest BCUT2D eigenvalue weighted by molar-refractivity contribution is 0.0903. The molecule has 2 unspecified atom stereocenters. The Hall–Kier alpha value is -1.36. The van der Waals surface area contributed by atoms with E-state index in [1.807, 2.05) is 20.8 Å². The Labute approximate surface area is 121 Å². The van der Waals surface area contributed by atoms with Gasteiger partial charge in [-0.25, -0.2) is 0 Å². The van der Waals surface area contributed by atoms with E-state index >= 15 is 0 Å². The summed E-state index contributed by atoms with van der Waals surface area (Å²) < 4.78 is 5.17. The largest absolute Gasteiger partial charge is 0.360 e. The second-order valence-corrected chi connectivity index (χ2v) is 5.42. The number of carbonyl (C=O) groups is 1. The van der Waals surface area contributed by atoms with Gasteiger partial charge in [-0.1, -0.05) is 19.0 Å². The van der Waals surface area contributed by atoms with Crippen molar-refractivity contribution in [1.29, 1.82) is 0 Å². The molecule has 0 spiro atoms. The van der Waals surface area contributed by atoms with Crippen molar-refractivity contribution in [3.63, 3.8) is 0 Å². The van der Waals surface area contributed by atoms with Gasteiger partial charge in [0.1, 0.15) is 5.76 Å². The molecule has 1 N–H and O–H groups in total. The highest BCUT2D eigenvalue weighted by Crippen LogP contribution is 2.14. The van der Waals surface area contributed by atoms with Crippen molar-refractivity contribution >= 4 is 5.91 Å². The molecule has 2 atom stereocenters. The lowest BCUT2D eigenvalue weighted by Gasteiger charge is -2.29. The molecular formula is C15H27N3O2. The van der Waals surface area contributed by atoms with Crippen molar-refractivity contribution in [2.24, 2.45) is 0 Å². The zero-order valence-corrected chi connectivity index (χ0v) is 13.5. The summed E-state index contributed by atoms with van der Waals surface area (Å²) >= 11 is 0. The van der Waals surface area contributed by atoms with E-state index < -0.39 is 0 Å². The van der Waals surface area contributed by atoms with E-state index in [2.05, 4.69) is 36.3 Å². The lowest BCUT2D eigenvalue weighted by atomic mass is 10.1. The first-order valence-electron chi connectivity index (χ1n) is 7.38. The maximum Gasteiger partial charge on any atom is 0.274 e. The molecule has 0 bridgehead atoms. The van der Waals surface area contributed by atoms with Gasteiger partial charge in [0.05, 0.1) is 0 Å². The first-order valence-corrected chi connectivity index (χ1v) is 7.38. The van der Waals surface area contributed by atoms with Crippen molar-refractivity contribution in [3.8, 4) is 0 Å². The molecule has 0 saturated heterocycles. The predicted octanol–water partition coefficient (Wildman–Crippen LogP) is 2.39. The highest BCUT2D eigenvalue weighted by atomic mass is 16.5. The van der Waals surface area contributed by atoms with E-state index in [9.17, 15) is 4.79 Å². The highest BCUT2D eigenvalue weighted by molar-refractivity contribution is 5.93. The first-order chi connectivity index (χ1) is 9.42. The van der Waals surface area contributed by atoms with Crippen molar-refractivity contribution in [2.75, 3.05) is 13.6 Å². The average Bonchev–Trinajstić information content (AvgIpc) is 2.79. The Bertz CT molecular complexity index is 442. The minimum absolute atomic E-state index is 0.0558. The summed E-state index contributed by atoms with van der Waals surface area (Å²) in [6.07, 6.45) is 1.85. The monoisotopic (exact) mass is 281 g/mol. The van der Waals surface area contributed by atoms with Crippen LogP contribution in [0.5, 0.6) is 0 Å². The lowest BCUT2D eigenvalue weighted by Crippen LogP contribution is -2.47. The van der Waals surface area contributed by atoms with Crippen LogP contribution in [0.1, 0.15) is 55.9 Å². The zero-order chi connectivity index (χ0) is 15.3. The molecule has 0 aromatic carbocycles. The van der Waals surface area contributed by atoms with E-state index in [0.29, 0.717) is 5.69 Å². The molecule has 5 heteroatoms. The van der Waals surface area contributed by atoms with E-state index in [1.165, 1.54) is 0 Å². The fourth-order valence-electron chi connectivity index (χ4n) is 2.25. The average molecular weight is 281 g/mol. The molecule has 1 aromatic heterocycles. The van der Waals surface area contributed by atoms with E-state index in [1.54, 1.807) is 0 Å². The molecule has 0 aliphatic carbocycles. The molecule has 1 aromatic rings. The topological polar surface area (TPSA) is 58.4 Å². The molecule has 1 amide bonds. The van der Waals surface area contributed by atoms with Gasteiger partial charge in [-0.15, -0.1) is 0 Å². The van der Waals surface area contributed by atoms with Gasteiger partial charge in [0.2, 0.25) is 0 Å². The van der Waals surface area contributed by atoms with Gasteiger partial charge < -0.3 is 14.7 Å². The summed E-state index contributed by atoms with van der Waals surface area (Å²) in [7, 11) is 2.08. The molecule has 0 radical (unpaired) electrons. The Morgan fingerprint density at radius 3 is 2.55 bits per heavy atom. The van der Waals surface area contributed by atoms with Crippen LogP contribution in [0.2, 0.25) is 0 Å². The number of nitrogens with zero attached hydrogens (tertiary/aromatic N) is 2. The summed E-state index contributed by atoms with van der Waals surface area (Å²) in [5.74, 6) is 0.620. The van der Waals surface area contributed by atoms with Crippen molar-refractivity contribution in [3.05, 3.63) is 17.0 Å². The Kier molecular flexibility index (Phi) is 6.20.